The van der Waals surface area contributed by atoms with E-state index in [9.17, 15) is 4.79 Å². The summed E-state index contributed by atoms with van der Waals surface area (Å²) >= 11 is 1.47. The van der Waals surface area contributed by atoms with E-state index >= 15 is 0 Å². The van der Waals surface area contributed by atoms with Crippen molar-refractivity contribution in [3.8, 4) is 0 Å². The Morgan fingerprint density at radius 2 is 1.95 bits per heavy atom. The maximum absolute atomic E-state index is 11.0. The van der Waals surface area contributed by atoms with Crippen LogP contribution in [-0.4, -0.2) is 15.9 Å². The largest absolute Gasteiger partial charge is 0.364 e. The average Bonchev–Trinajstić information content (AvgIpc) is 2.87. The summed E-state index contributed by atoms with van der Waals surface area (Å²) in [6.07, 6.45) is 1.45. The van der Waals surface area contributed by atoms with Crippen LogP contribution in [0.4, 0.5) is 0 Å². The van der Waals surface area contributed by atoms with Crippen LogP contribution in [0.1, 0.15) is 10.5 Å². The Labute approximate surface area is 114 Å². The number of aromatic amines is 1. The molecule has 0 fully saturated rings. The standard InChI is InChI=1S/C14H11N3OS/c15-13(18)12-8-16-14(17-12)19-11-6-5-9-3-1-2-4-10(9)7-11/h1-8H,(H2,15,18)(H,16,17). The number of fused-ring (bicyclic) bond motifs is 1. The van der Waals surface area contributed by atoms with Crippen LogP contribution in [-0.2, 0) is 0 Å². The van der Waals surface area contributed by atoms with Crippen molar-refractivity contribution in [2.75, 3.05) is 0 Å². The molecule has 0 bridgehead atoms. The molecule has 94 valence electrons. The minimum absolute atomic E-state index is 0.322. The number of primary amides is 1. The summed E-state index contributed by atoms with van der Waals surface area (Å²) in [6, 6.07) is 14.3. The fraction of sp³-hybridized carbons (Fsp3) is 0. The molecule has 3 N–H and O–H groups in total. The summed E-state index contributed by atoms with van der Waals surface area (Å²) in [6.45, 7) is 0. The lowest BCUT2D eigenvalue weighted by molar-refractivity contribution is 0.0996. The first-order valence-electron chi connectivity index (χ1n) is 5.74. The van der Waals surface area contributed by atoms with Gasteiger partial charge in [0.15, 0.2) is 5.16 Å². The predicted molar refractivity (Wildman–Crippen MR) is 75.2 cm³/mol. The number of nitrogens with zero attached hydrogens (tertiary/aromatic N) is 1. The first kappa shape index (κ1) is 11.8. The molecule has 0 aliphatic heterocycles. The highest BCUT2D eigenvalue weighted by molar-refractivity contribution is 7.99. The number of imidazole rings is 1. The van der Waals surface area contributed by atoms with E-state index in [4.69, 9.17) is 5.73 Å². The van der Waals surface area contributed by atoms with E-state index in [1.807, 2.05) is 18.2 Å². The number of H-pyrrole nitrogens is 1. The van der Waals surface area contributed by atoms with Crippen LogP contribution in [0.3, 0.4) is 0 Å². The average molecular weight is 269 g/mol. The molecular formula is C14H11N3OS. The lowest BCUT2D eigenvalue weighted by Crippen LogP contribution is -2.10. The van der Waals surface area contributed by atoms with Gasteiger partial charge in [-0.2, -0.15) is 0 Å². The van der Waals surface area contributed by atoms with Crippen molar-refractivity contribution in [1.82, 2.24) is 9.97 Å². The summed E-state index contributed by atoms with van der Waals surface area (Å²) in [5.41, 5.74) is 5.50. The van der Waals surface area contributed by atoms with Gasteiger partial charge in [-0.1, -0.05) is 42.1 Å². The fourth-order valence-corrected chi connectivity index (χ4v) is 2.63. The minimum atomic E-state index is -0.502. The Kier molecular flexibility index (Phi) is 2.97. The molecule has 1 heterocycles. The second-order valence-electron chi connectivity index (χ2n) is 4.08. The second kappa shape index (κ2) is 4.78. The monoisotopic (exact) mass is 269 g/mol. The fourth-order valence-electron chi connectivity index (χ4n) is 1.82. The van der Waals surface area contributed by atoms with E-state index in [0.717, 1.165) is 4.90 Å². The zero-order chi connectivity index (χ0) is 13.2. The van der Waals surface area contributed by atoms with Gasteiger partial charge in [-0.05, 0) is 22.9 Å². The molecule has 0 aliphatic carbocycles. The molecule has 3 aromatic rings. The predicted octanol–water partition coefficient (Wildman–Crippen LogP) is 2.81. The molecule has 19 heavy (non-hydrogen) atoms. The quantitative estimate of drug-likeness (QED) is 0.768. The van der Waals surface area contributed by atoms with Gasteiger partial charge in [0.1, 0.15) is 5.69 Å². The van der Waals surface area contributed by atoms with Crippen LogP contribution in [0.2, 0.25) is 0 Å². The molecule has 0 saturated heterocycles. The van der Waals surface area contributed by atoms with Crippen LogP contribution < -0.4 is 5.73 Å². The molecular weight excluding hydrogens is 258 g/mol. The number of amides is 1. The molecule has 3 rings (SSSR count). The highest BCUT2D eigenvalue weighted by Gasteiger charge is 2.07. The van der Waals surface area contributed by atoms with Crippen molar-refractivity contribution in [3.63, 3.8) is 0 Å². The number of hydrogen-bond acceptors (Lipinski definition) is 3. The van der Waals surface area contributed by atoms with Crippen LogP contribution in [0.25, 0.3) is 10.8 Å². The molecule has 1 amide bonds. The first-order chi connectivity index (χ1) is 9.22. The first-order valence-corrected chi connectivity index (χ1v) is 6.55. The summed E-state index contributed by atoms with van der Waals surface area (Å²) < 4.78 is 0. The van der Waals surface area contributed by atoms with Crippen LogP contribution in [0.5, 0.6) is 0 Å². The van der Waals surface area contributed by atoms with Crippen molar-refractivity contribution in [1.29, 1.82) is 0 Å². The van der Waals surface area contributed by atoms with Gasteiger partial charge >= 0.3 is 0 Å². The Balaban J connectivity index is 1.89. The third kappa shape index (κ3) is 2.46. The Morgan fingerprint density at radius 1 is 1.16 bits per heavy atom. The van der Waals surface area contributed by atoms with Gasteiger partial charge in [0, 0.05) is 4.90 Å². The number of benzene rings is 2. The van der Waals surface area contributed by atoms with Gasteiger partial charge in [0.2, 0.25) is 0 Å². The topological polar surface area (TPSA) is 71.8 Å². The number of hydrogen-bond donors (Lipinski definition) is 2. The lowest BCUT2D eigenvalue weighted by atomic mass is 10.1. The van der Waals surface area contributed by atoms with Crippen molar-refractivity contribution in [2.24, 2.45) is 5.73 Å². The third-order valence-corrected chi connectivity index (χ3v) is 3.64. The zero-order valence-electron chi connectivity index (χ0n) is 9.96. The van der Waals surface area contributed by atoms with Crippen molar-refractivity contribution in [2.45, 2.75) is 10.1 Å². The molecule has 0 spiro atoms. The van der Waals surface area contributed by atoms with Crippen molar-refractivity contribution < 1.29 is 4.79 Å². The van der Waals surface area contributed by atoms with Crippen LogP contribution >= 0.6 is 11.8 Å². The summed E-state index contributed by atoms with van der Waals surface area (Å²) in [7, 11) is 0. The maximum Gasteiger partial charge on any atom is 0.266 e. The summed E-state index contributed by atoms with van der Waals surface area (Å²) in [4.78, 5) is 19.0. The smallest absolute Gasteiger partial charge is 0.266 e. The van der Waals surface area contributed by atoms with Gasteiger partial charge in [0.25, 0.3) is 5.91 Å². The molecule has 0 radical (unpaired) electrons. The number of carbonyl (C=O) groups is 1. The van der Waals surface area contributed by atoms with E-state index < -0.39 is 5.91 Å². The maximum atomic E-state index is 11.0. The number of nitrogens with two attached hydrogens (primary N) is 1. The number of aromatic nitrogens is 2. The van der Waals surface area contributed by atoms with Crippen LogP contribution in [0, 0.1) is 0 Å². The van der Waals surface area contributed by atoms with E-state index in [-0.39, 0.29) is 0 Å². The van der Waals surface area contributed by atoms with E-state index in [1.165, 1.54) is 28.7 Å². The number of nitrogens with one attached hydrogen (secondary N) is 1. The normalized spacial score (nSPS) is 10.7. The van der Waals surface area contributed by atoms with E-state index in [2.05, 4.69) is 34.2 Å². The lowest BCUT2D eigenvalue weighted by Gasteiger charge is -2.01. The van der Waals surface area contributed by atoms with Gasteiger partial charge in [-0.3, -0.25) is 4.79 Å². The SMILES string of the molecule is NC(=O)c1cnc(Sc2ccc3ccccc3c2)[nH]1. The van der Waals surface area contributed by atoms with Gasteiger partial charge in [-0.25, -0.2) is 4.98 Å². The number of carbonyl (C=O) groups excluding carboxylic acids is 1. The minimum Gasteiger partial charge on any atom is -0.364 e. The summed E-state index contributed by atoms with van der Waals surface area (Å²) in [5.74, 6) is -0.502. The Bertz CT molecular complexity index is 751. The molecule has 0 aliphatic rings. The van der Waals surface area contributed by atoms with Crippen molar-refractivity contribution in [3.05, 3.63) is 54.4 Å². The zero-order valence-corrected chi connectivity index (χ0v) is 10.8. The third-order valence-electron chi connectivity index (χ3n) is 2.75. The second-order valence-corrected chi connectivity index (χ2v) is 5.14. The molecule has 1 aromatic heterocycles. The molecule has 2 aromatic carbocycles. The molecule has 0 atom stereocenters. The highest BCUT2D eigenvalue weighted by atomic mass is 32.2. The molecule has 0 saturated carbocycles. The number of rotatable bonds is 3. The Hall–Kier alpha value is -2.27. The molecule has 4 nitrogen and oxygen atoms in total. The van der Waals surface area contributed by atoms with E-state index in [0.29, 0.717) is 10.9 Å². The highest BCUT2D eigenvalue weighted by Crippen LogP contribution is 2.28. The van der Waals surface area contributed by atoms with Gasteiger partial charge in [0.05, 0.1) is 6.20 Å². The molecule has 0 unspecified atom stereocenters. The van der Waals surface area contributed by atoms with Crippen LogP contribution in [0.15, 0.2) is 58.7 Å². The van der Waals surface area contributed by atoms with Crippen molar-refractivity contribution >= 4 is 28.4 Å². The molecule has 5 heteroatoms. The van der Waals surface area contributed by atoms with Gasteiger partial charge < -0.3 is 10.7 Å². The van der Waals surface area contributed by atoms with Gasteiger partial charge in [-0.15, -0.1) is 0 Å². The summed E-state index contributed by atoms with van der Waals surface area (Å²) in [5, 5.41) is 3.03. The van der Waals surface area contributed by atoms with E-state index in [1.54, 1.807) is 0 Å². The Morgan fingerprint density at radius 3 is 2.68 bits per heavy atom.